The maximum absolute atomic E-state index is 12.7. The van der Waals surface area contributed by atoms with Gasteiger partial charge in [-0.25, -0.2) is 13.2 Å². The van der Waals surface area contributed by atoms with Crippen LogP contribution in [0.2, 0.25) is 0 Å². The van der Waals surface area contributed by atoms with Gasteiger partial charge in [-0.1, -0.05) is 24.3 Å². The molecule has 2 aromatic rings. The van der Waals surface area contributed by atoms with Crippen LogP contribution in [0.15, 0.2) is 48.5 Å². The van der Waals surface area contributed by atoms with Gasteiger partial charge in [-0.2, -0.15) is 13.2 Å². The number of anilines is 1. The molecule has 2 aromatic carbocycles. The van der Waals surface area contributed by atoms with E-state index in [1.165, 1.54) is 12.1 Å². The van der Waals surface area contributed by atoms with E-state index in [1.807, 2.05) is 0 Å². The van der Waals surface area contributed by atoms with E-state index in [1.54, 1.807) is 24.3 Å². The summed E-state index contributed by atoms with van der Waals surface area (Å²) >= 11 is 0. The van der Waals surface area contributed by atoms with Gasteiger partial charge in [-0.05, 0) is 35.4 Å². The Balaban J connectivity index is 1.87. The lowest BCUT2D eigenvalue weighted by molar-refractivity contribution is -0.137. The predicted octanol–water partition coefficient (Wildman–Crippen LogP) is 3.08. The number of amides is 2. The van der Waals surface area contributed by atoms with E-state index in [9.17, 15) is 26.4 Å². The number of halogens is 3. The van der Waals surface area contributed by atoms with Gasteiger partial charge in [0.05, 0.1) is 11.8 Å². The second kappa shape index (κ2) is 8.30. The van der Waals surface area contributed by atoms with Gasteiger partial charge in [0.2, 0.25) is 10.0 Å². The zero-order valence-corrected chi connectivity index (χ0v) is 15.1. The Hall–Kier alpha value is -2.75. The third-order valence-electron chi connectivity index (χ3n) is 3.39. The molecule has 0 unspecified atom stereocenters. The molecule has 0 heterocycles. The first kappa shape index (κ1) is 20.6. The molecular weight excluding hydrogens is 383 g/mol. The number of carbonyl (C=O) groups excluding carboxylic acids is 1. The fraction of sp³-hybridized carbons (Fsp3) is 0.235. The molecule has 2 amide bonds. The Labute approximate surface area is 154 Å². The minimum Gasteiger partial charge on any atom is -0.334 e. The molecule has 0 bridgehead atoms. The Morgan fingerprint density at radius 2 is 1.52 bits per heavy atom. The molecule has 0 saturated heterocycles. The lowest BCUT2D eigenvalue weighted by atomic mass is 10.1. The van der Waals surface area contributed by atoms with Gasteiger partial charge in [0.1, 0.15) is 0 Å². The fourth-order valence-electron chi connectivity index (χ4n) is 2.24. The van der Waals surface area contributed by atoms with Crippen LogP contribution in [0.1, 0.15) is 16.7 Å². The molecule has 0 aromatic heterocycles. The largest absolute Gasteiger partial charge is 0.416 e. The summed E-state index contributed by atoms with van der Waals surface area (Å²) in [7, 11) is -3.41. The minimum absolute atomic E-state index is 0.0641. The number of carbonyl (C=O) groups is 1. The Morgan fingerprint density at radius 3 is 2.07 bits per heavy atom. The van der Waals surface area contributed by atoms with Crippen molar-refractivity contribution in [1.29, 1.82) is 0 Å². The molecule has 3 N–H and O–H groups in total. The highest BCUT2D eigenvalue weighted by Gasteiger charge is 2.30. The monoisotopic (exact) mass is 401 g/mol. The molecule has 0 radical (unpaired) electrons. The van der Waals surface area contributed by atoms with Crippen molar-refractivity contribution < 1.29 is 26.4 Å². The highest BCUT2D eigenvalue weighted by atomic mass is 32.2. The van der Waals surface area contributed by atoms with Crippen molar-refractivity contribution in [3.8, 4) is 0 Å². The van der Waals surface area contributed by atoms with Crippen LogP contribution < -0.4 is 15.4 Å². The number of sulfonamides is 1. The van der Waals surface area contributed by atoms with Crippen LogP contribution in [0.3, 0.4) is 0 Å². The van der Waals surface area contributed by atoms with E-state index < -0.39 is 27.8 Å². The predicted molar refractivity (Wildman–Crippen MR) is 95.4 cm³/mol. The zero-order chi connectivity index (χ0) is 20.1. The summed E-state index contributed by atoms with van der Waals surface area (Å²) in [5, 5.41) is 5.03. The molecule has 6 nitrogen and oxygen atoms in total. The van der Waals surface area contributed by atoms with Crippen LogP contribution in [0.4, 0.5) is 23.7 Å². The molecule has 0 aliphatic heterocycles. The molecule has 0 atom stereocenters. The van der Waals surface area contributed by atoms with Crippen molar-refractivity contribution in [3.05, 3.63) is 65.2 Å². The number of alkyl halides is 3. The maximum Gasteiger partial charge on any atom is 0.416 e. The summed E-state index contributed by atoms with van der Waals surface area (Å²) < 4.78 is 62.8. The van der Waals surface area contributed by atoms with Gasteiger partial charge in [-0.15, -0.1) is 0 Å². The lowest BCUT2D eigenvalue weighted by Crippen LogP contribution is -2.34. The lowest BCUT2D eigenvalue weighted by Gasteiger charge is -2.11. The summed E-state index contributed by atoms with van der Waals surface area (Å²) in [5.41, 5.74) is 0.552. The minimum atomic E-state index is -4.44. The van der Waals surface area contributed by atoms with Crippen LogP contribution in [-0.4, -0.2) is 20.7 Å². The van der Waals surface area contributed by atoms with Crippen LogP contribution in [-0.2, 0) is 29.3 Å². The normalized spacial score (nSPS) is 11.7. The van der Waals surface area contributed by atoms with E-state index in [0.717, 1.165) is 18.4 Å². The summed E-state index contributed by atoms with van der Waals surface area (Å²) in [6, 6.07) is 10.6. The molecule has 146 valence electrons. The van der Waals surface area contributed by atoms with E-state index in [2.05, 4.69) is 15.4 Å². The summed E-state index contributed by atoms with van der Waals surface area (Å²) in [5.74, 6) is 0. The van der Waals surface area contributed by atoms with Crippen molar-refractivity contribution in [1.82, 2.24) is 10.6 Å². The van der Waals surface area contributed by atoms with Gasteiger partial charge in [-0.3, -0.25) is 4.72 Å². The quantitative estimate of drug-likeness (QED) is 0.695. The second-order valence-corrected chi connectivity index (χ2v) is 7.56. The number of hydrogen-bond donors (Lipinski definition) is 3. The van der Waals surface area contributed by atoms with E-state index >= 15 is 0 Å². The summed E-state index contributed by atoms with van der Waals surface area (Å²) in [6.07, 6.45) is -3.41. The average molecular weight is 401 g/mol. The van der Waals surface area contributed by atoms with E-state index in [4.69, 9.17) is 0 Å². The first-order valence-electron chi connectivity index (χ1n) is 7.77. The third kappa shape index (κ3) is 7.18. The highest BCUT2D eigenvalue weighted by molar-refractivity contribution is 7.92. The van der Waals surface area contributed by atoms with Crippen molar-refractivity contribution in [2.45, 2.75) is 19.3 Å². The van der Waals surface area contributed by atoms with Gasteiger partial charge >= 0.3 is 12.2 Å². The van der Waals surface area contributed by atoms with Gasteiger partial charge in [0, 0.05) is 18.8 Å². The van der Waals surface area contributed by atoms with Gasteiger partial charge < -0.3 is 10.6 Å². The smallest absolute Gasteiger partial charge is 0.334 e. The number of benzene rings is 2. The van der Waals surface area contributed by atoms with Gasteiger partial charge in [0.25, 0.3) is 0 Å². The molecule has 2 rings (SSSR count). The third-order valence-corrected chi connectivity index (χ3v) is 4.00. The van der Waals surface area contributed by atoms with E-state index in [0.29, 0.717) is 16.8 Å². The van der Waals surface area contributed by atoms with Crippen molar-refractivity contribution in [2.24, 2.45) is 0 Å². The van der Waals surface area contributed by atoms with Crippen LogP contribution in [0, 0.1) is 0 Å². The molecule has 0 saturated carbocycles. The number of nitrogens with one attached hydrogen (secondary N) is 3. The Bertz CT molecular complexity index is 915. The standard InChI is InChI=1S/C17H18F3N3O3S/c1-27(25,26)23-15-7-3-5-13(9-15)11-22-16(24)21-10-12-4-2-6-14(8-12)17(18,19)20/h2-9,23H,10-11H2,1H3,(H2,21,22,24). The molecule has 0 aliphatic carbocycles. The molecule has 0 aliphatic rings. The second-order valence-electron chi connectivity index (χ2n) is 5.81. The van der Waals surface area contributed by atoms with Crippen LogP contribution in [0.5, 0.6) is 0 Å². The Kier molecular flexibility index (Phi) is 6.32. The Morgan fingerprint density at radius 1 is 0.963 bits per heavy atom. The molecule has 27 heavy (non-hydrogen) atoms. The SMILES string of the molecule is CS(=O)(=O)Nc1cccc(CNC(=O)NCc2cccc(C(F)(F)F)c2)c1. The van der Waals surface area contributed by atoms with E-state index in [-0.39, 0.29) is 13.1 Å². The fourth-order valence-corrected chi connectivity index (χ4v) is 2.80. The first-order valence-corrected chi connectivity index (χ1v) is 9.67. The van der Waals surface area contributed by atoms with Gasteiger partial charge in [0.15, 0.2) is 0 Å². The molecule has 0 fully saturated rings. The maximum atomic E-state index is 12.7. The number of rotatable bonds is 6. The van der Waals surface area contributed by atoms with Crippen LogP contribution >= 0.6 is 0 Å². The summed E-state index contributed by atoms with van der Waals surface area (Å²) in [4.78, 5) is 11.8. The van der Waals surface area contributed by atoms with Crippen molar-refractivity contribution >= 4 is 21.7 Å². The average Bonchev–Trinajstić information content (AvgIpc) is 2.56. The van der Waals surface area contributed by atoms with Crippen molar-refractivity contribution in [2.75, 3.05) is 11.0 Å². The topological polar surface area (TPSA) is 87.3 Å². The highest BCUT2D eigenvalue weighted by Crippen LogP contribution is 2.29. The summed E-state index contributed by atoms with van der Waals surface area (Å²) in [6.45, 7) is 0.0547. The van der Waals surface area contributed by atoms with Crippen LogP contribution in [0.25, 0.3) is 0 Å². The molecule has 0 spiro atoms. The number of urea groups is 1. The first-order chi connectivity index (χ1) is 12.5. The zero-order valence-electron chi connectivity index (χ0n) is 14.3. The molecular formula is C17H18F3N3O3S. The number of hydrogen-bond acceptors (Lipinski definition) is 3. The van der Waals surface area contributed by atoms with Crippen molar-refractivity contribution in [3.63, 3.8) is 0 Å². The molecule has 10 heteroatoms.